The van der Waals surface area contributed by atoms with Crippen LogP contribution in [-0.2, 0) is 15.4 Å². The summed E-state index contributed by atoms with van der Waals surface area (Å²) in [5.41, 5.74) is 1.62. The van der Waals surface area contributed by atoms with Crippen molar-refractivity contribution in [2.24, 2.45) is 0 Å². The molecule has 0 saturated carbocycles. The first-order chi connectivity index (χ1) is 8.31. The largest absolute Gasteiger partial charge is 3.00 e. The molecule has 1 rings (SSSR count). The minimum absolute atomic E-state index is 0. The maximum Gasteiger partial charge on any atom is 3.00 e. The van der Waals surface area contributed by atoms with E-state index in [9.17, 15) is 4.57 Å². The van der Waals surface area contributed by atoms with Gasteiger partial charge in [-0.05, 0) is 22.5 Å². The Morgan fingerprint density at radius 2 is 1.35 bits per heavy atom. The summed E-state index contributed by atoms with van der Waals surface area (Å²) in [6.45, 7) is 12.2. The third-order valence-corrected chi connectivity index (χ3v) is 3.31. The molecule has 0 aliphatic rings. The molecule has 0 aliphatic heterocycles. The molecule has 9 heteroatoms. The van der Waals surface area contributed by atoms with Crippen LogP contribution in [0.15, 0.2) is 18.2 Å². The Morgan fingerprint density at radius 3 is 1.65 bits per heavy atom. The fourth-order valence-electron chi connectivity index (χ4n) is 1.79. The zero-order valence-corrected chi connectivity index (χ0v) is 16.4. The maximum atomic E-state index is 11.0. The quantitative estimate of drug-likeness (QED) is 0.603. The topological polar surface area (TPSA) is 157 Å². The second kappa shape index (κ2) is 9.78. The van der Waals surface area contributed by atoms with E-state index < -0.39 is 7.82 Å². The van der Waals surface area contributed by atoms with Crippen molar-refractivity contribution < 1.29 is 35.3 Å². The minimum atomic E-state index is -4.54. The summed E-state index contributed by atoms with van der Waals surface area (Å²) >= 11 is 0. The van der Waals surface area contributed by atoms with E-state index in [1.807, 2.05) is 32.9 Å². The van der Waals surface area contributed by atoms with E-state index in [0.29, 0.717) is 0 Å². The van der Waals surface area contributed by atoms with Crippen LogP contribution in [0.5, 0.6) is 5.75 Å². The average Bonchev–Trinajstić information content (AvgIpc) is 2.11. The van der Waals surface area contributed by atoms with Crippen LogP contribution in [0.1, 0.15) is 52.7 Å². The molecule has 0 heterocycles. The number of hydrogen-bond donors (Lipinski definition) is 2. The van der Waals surface area contributed by atoms with Crippen molar-refractivity contribution in [2.45, 2.75) is 52.4 Å². The normalized spacial score (nSPS) is 11.1. The second-order valence-electron chi connectivity index (χ2n) is 6.79. The van der Waals surface area contributed by atoms with Crippen LogP contribution in [0.4, 0.5) is 0 Å². The fourth-order valence-corrected chi connectivity index (χ4v) is 2.21. The van der Waals surface area contributed by atoms with Crippen molar-refractivity contribution >= 4 is 25.2 Å². The van der Waals surface area contributed by atoms with Gasteiger partial charge in [0.25, 0.3) is 0 Å². The van der Waals surface area contributed by atoms with Gasteiger partial charge in [0, 0.05) is 5.56 Å². The smallest absolute Gasteiger partial charge is 0.870 e. The van der Waals surface area contributed by atoms with Crippen molar-refractivity contribution in [3.8, 4) is 5.75 Å². The number of benzene rings is 1. The molecule has 0 unspecified atom stereocenters. The van der Waals surface area contributed by atoms with Crippen LogP contribution < -0.4 is 4.52 Å². The van der Waals surface area contributed by atoms with Gasteiger partial charge in [-0.25, -0.2) is 4.57 Å². The van der Waals surface area contributed by atoms with Crippen LogP contribution in [0.3, 0.4) is 0 Å². The Morgan fingerprint density at radius 1 is 0.913 bits per heavy atom. The summed E-state index contributed by atoms with van der Waals surface area (Å²) in [6.07, 6.45) is 0. The van der Waals surface area contributed by atoms with Crippen LogP contribution >= 0.6 is 7.82 Å². The Bertz CT molecular complexity index is 515. The van der Waals surface area contributed by atoms with Gasteiger partial charge in [0.15, 0.2) is 0 Å². The third-order valence-electron chi connectivity index (χ3n) is 2.87. The molecule has 0 fully saturated rings. The third kappa shape index (κ3) is 9.46. The predicted molar refractivity (Wildman–Crippen MR) is 88.1 cm³/mol. The molecule has 0 aromatic heterocycles. The molecule has 0 amide bonds. The molecule has 0 aliphatic carbocycles. The van der Waals surface area contributed by atoms with Crippen molar-refractivity contribution in [3.05, 3.63) is 29.3 Å². The van der Waals surface area contributed by atoms with Gasteiger partial charge < -0.3 is 21.0 Å². The van der Waals surface area contributed by atoms with E-state index in [-0.39, 0.29) is 50.4 Å². The van der Waals surface area contributed by atoms with Gasteiger partial charge in [0.2, 0.25) is 0 Å². The predicted octanol–water partition coefficient (Wildman–Crippen LogP) is 2.84. The molecule has 23 heavy (non-hydrogen) atoms. The van der Waals surface area contributed by atoms with Crippen LogP contribution in [0, 0.1) is 0 Å². The van der Waals surface area contributed by atoms with Gasteiger partial charge in [-0.15, -0.1) is 0 Å². The Labute approximate surface area is 148 Å². The van der Waals surface area contributed by atoms with Crippen molar-refractivity contribution in [1.29, 1.82) is 0 Å². The molecule has 0 atom stereocenters. The molecule has 7 nitrogen and oxygen atoms in total. The Balaban J connectivity index is -0.000000451. The van der Waals surface area contributed by atoms with Gasteiger partial charge in [-0.2, -0.15) is 0 Å². The van der Waals surface area contributed by atoms with E-state index in [2.05, 4.69) is 20.8 Å². The molecule has 0 bridgehead atoms. The zero-order chi connectivity index (χ0) is 15.1. The van der Waals surface area contributed by atoms with E-state index >= 15 is 0 Å². The molecule has 0 spiro atoms. The molecule has 1 aromatic carbocycles. The summed E-state index contributed by atoms with van der Waals surface area (Å²) in [5, 5.41) is 0. The Hall–Kier alpha value is -0.418. The van der Waals surface area contributed by atoms with E-state index in [1.165, 1.54) is 0 Å². The molecule has 0 saturated heterocycles. The summed E-state index contributed by atoms with van der Waals surface area (Å²) < 4.78 is 15.8. The molecule has 5 N–H and O–H groups in total. The molecule has 1 aromatic rings. The van der Waals surface area contributed by atoms with Crippen LogP contribution in [-0.4, -0.2) is 43.6 Å². The van der Waals surface area contributed by atoms with Gasteiger partial charge >= 0.3 is 25.2 Å². The zero-order valence-electron chi connectivity index (χ0n) is 14.3. The van der Waals surface area contributed by atoms with E-state index in [1.54, 1.807) is 6.07 Å². The first kappa shape index (κ1) is 30.5. The minimum Gasteiger partial charge on any atom is -0.870 e. The summed E-state index contributed by atoms with van der Waals surface area (Å²) in [7, 11) is -4.54. The van der Waals surface area contributed by atoms with Crippen molar-refractivity contribution in [1.82, 2.24) is 0 Å². The number of phosphoric acid groups is 1. The number of hydrogen-bond acceptors (Lipinski definition) is 5. The monoisotopic (exact) mass is 364 g/mol. The molecular weight excluding hydrogens is 338 g/mol. The summed E-state index contributed by atoms with van der Waals surface area (Å²) in [4.78, 5) is 18.0. The van der Waals surface area contributed by atoms with Gasteiger partial charge in [0.05, 0.1) is 0 Å². The van der Waals surface area contributed by atoms with Crippen molar-refractivity contribution in [2.75, 3.05) is 0 Å². The SMILES string of the molecule is CC(C)(C)c1ccc(OP(=O)(O)O)c(C(C)(C)C)c1.[Al+3].[OH-].[OH-].[OH-]. The van der Waals surface area contributed by atoms with Crippen LogP contribution in [0.2, 0.25) is 0 Å². The fraction of sp³-hybridized carbons (Fsp3) is 0.571. The van der Waals surface area contributed by atoms with Crippen LogP contribution in [0.25, 0.3) is 0 Å². The maximum absolute atomic E-state index is 11.0. The number of phosphoric ester groups is 1. The number of rotatable bonds is 2. The second-order valence-corrected chi connectivity index (χ2v) is 7.96. The summed E-state index contributed by atoms with van der Waals surface area (Å²) in [5.74, 6) is 0.244. The molecular formula is C14H26AlO7P. The van der Waals surface area contributed by atoms with Crippen molar-refractivity contribution in [3.63, 3.8) is 0 Å². The molecule has 0 radical (unpaired) electrons. The standard InChI is InChI=1S/C14H23O4P.Al.3H2O/c1-13(2,3)10-7-8-12(18-19(15,16)17)11(9-10)14(4,5)6;;;;/h7-9H,1-6H3,(H2,15,16,17);;3*1H2/q;+3;;;/p-3. The summed E-state index contributed by atoms with van der Waals surface area (Å²) in [6, 6.07) is 5.45. The first-order valence-electron chi connectivity index (χ1n) is 6.21. The van der Waals surface area contributed by atoms with Gasteiger partial charge in [0.1, 0.15) is 5.75 Å². The van der Waals surface area contributed by atoms with Gasteiger partial charge in [-0.3, -0.25) is 9.79 Å². The average molecular weight is 364 g/mol. The van der Waals surface area contributed by atoms with E-state index in [0.717, 1.165) is 11.1 Å². The van der Waals surface area contributed by atoms with E-state index in [4.69, 9.17) is 14.3 Å². The Kier molecular flexibility index (Phi) is 12.9. The molecule has 132 valence electrons. The first-order valence-corrected chi connectivity index (χ1v) is 7.74. The van der Waals surface area contributed by atoms with Gasteiger partial charge in [-0.1, -0.05) is 53.7 Å².